The number of carbonyl (C=O) groups is 2. The van der Waals surface area contributed by atoms with Crippen LogP contribution in [0.5, 0.6) is 0 Å². The molecule has 0 saturated carbocycles. The van der Waals surface area contributed by atoms with Gasteiger partial charge in [0.15, 0.2) is 0 Å². The van der Waals surface area contributed by atoms with Gasteiger partial charge in [-0.25, -0.2) is 9.80 Å². The monoisotopic (exact) mass is 406 g/mol. The maximum absolute atomic E-state index is 12.6. The second-order valence-electron chi connectivity index (χ2n) is 8.33. The topological polar surface area (TPSA) is 104 Å². The molecule has 0 unspecified atom stereocenters. The third-order valence-electron chi connectivity index (χ3n) is 5.49. The van der Waals surface area contributed by atoms with Crippen molar-refractivity contribution in [2.45, 2.75) is 33.4 Å². The number of hydrazone groups is 1. The Balaban J connectivity index is 1.45. The van der Waals surface area contributed by atoms with Crippen molar-refractivity contribution in [1.29, 1.82) is 0 Å². The fraction of sp³-hybridized carbons (Fsp3) is 0.364. The number of aromatic nitrogens is 1. The van der Waals surface area contributed by atoms with Gasteiger partial charge in [0.1, 0.15) is 0 Å². The average molecular weight is 406 g/mol. The van der Waals surface area contributed by atoms with E-state index in [-0.39, 0.29) is 11.9 Å². The number of benzene rings is 1. The third-order valence-corrected chi connectivity index (χ3v) is 5.49. The lowest BCUT2D eigenvalue weighted by Gasteiger charge is -2.34. The summed E-state index contributed by atoms with van der Waals surface area (Å²) in [6, 6.07) is 9.36. The van der Waals surface area contributed by atoms with Crippen molar-refractivity contribution in [3.05, 3.63) is 59.4 Å². The van der Waals surface area contributed by atoms with Crippen molar-refractivity contribution in [2.24, 2.45) is 16.3 Å². The molecule has 0 bridgehead atoms. The normalized spacial score (nSPS) is 17.6. The number of urea groups is 1. The van der Waals surface area contributed by atoms with Gasteiger partial charge in [0.2, 0.25) is 5.91 Å². The number of nitrogens with one attached hydrogen (secondary N) is 1. The van der Waals surface area contributed by atoms with Gasteiger partial charge < -0.3 is 16.0 Å². The number of fused-ring (bicyclic) bond motifs is 1. The molecule has 156 valence electrons. The fourth-order valence-electron chi connectivity index (χ4n) is 3.82. The number of pyridine rings is 1. The van der Waals surface area contributed by atoms with E-state index in [1.54, 1.807) is 11.1 Å². The Morgan fingerprint density at radius 2 is 1.90 bits per heavy atom. The van der Waals surface area contributed by atoms with E-state index in [0.717, 1.165) is 22.4 Å². The molecule has 8 nitrogen and oxygen atoms in total. The highest BCUT2D eigenvalue weighted by Gasteiger charge is 2.37. The van der Waals surface area contributed by atoms with Gasteiger partial charge >= 0.3 is 6.03 Å². The molecule has 0 atom stereocenters. The molecule has 1 aromatic heterocycles. The van der Waals surface area contributed by atoms with Crippen LogP contribution in [0, 0.1) is 5.41 Å². The lowest BCUT2D eigenvalue weighted by atomic mass is 9.83. The van der Waals surface area contributed by atoms with Crippen LogP contribution in [0.2, 0.25) is 0 Å². The van der Waals surface area contributed by atoms with Gasteiger partial charge in [0.05, 0.1) is 17.7 Å². The Hall–Kier alpha value is -3.26. The molecule has 3 heterocycles. The highest BCUT2D eigenvalue weighted by Crippen LogP contribution is 2.31. The minimum absolute atomic E-state index is 0.0117. The first kappa shape index (κ1) is 20.0. The van der Waals surface area contributed by atoms with E-state index in [9.17, 15) is 9.59 Å². The molecule has 0 spiro atoms. The molecule has 0 saturated heterocycles. The molecule has 3 amide bonds. The van der Waals surface area contributed by atoms with Crippen molar-refractivity contribution in [3.63, 3.8) is 0 Å². The van der Waals surface area contributed by atoms with E-state index in [2.05, 4.69) is 15.4 Å². The number of hydrogen-bond donors (Lipinski definition) is 2. The van der Waals surface area contributed by atoms with Crippen LogP contribution in [0.4, 0.5) is 10.5 Å². The van der Waals surface area contributed by atoms with Crippen LogP contribution < -0.4 is 11.1 Å². The number of nitrogens with zero attached hydrogens (tertiary/aromatic N) is 4. The molecule has 2 aliphatic heterocycles. The molecule has 3 N–H and O–H groups in total. The zero-order valence-corrected chi connectivity index (χ0v) is 17.3. The van der Waals surface area contributed by atoms with Crippen molar-refractivity contribution in [3.8, 4) is 0 Å². The number of amides is 3. The molecule has 8 heteroatoms. The number of carbonyl (C=O) groups excluding carboxylic acids is 2. The van der Waals surface area contributed by atoms with Gasteiger partial charge in [0.25, 0.3) is 0 Å². The van der Waals surface area contributed by atoms with Crippen molar-refractivity contribution in [1.82, 2.24) is 14.9 Å². The molecule has 4 rings (SSSR count). The molecular formula is C22H26N6O2. The lowest BCUT2D eigenvalue weighted by Crippen LogP contribution is -2.45. The van der Waals surface area contributed by atoms with Crippen LogP contribution in [0.3, 0.4) is 0 Å². The summed E-state index contributed by atoms with van der Waals surface area (Å²) in [5.41, 5.74) is 9.79. The van der Waals surface area contributed by atoms with E-state index in [1.807, 2.05) is 50.4 Å². The van der Waals surface area contributed by atoms with Crippen LogP contribution in [0.1, 0.15) is 37.0 Å². The quantitative estimate of drug-likeness (QED) is 0.814. The summed E-state index contributed by atoms with van der Waals surface area (Å²) < 4.78 is 0. The van der Waals surface area contributed by atoms with Crippen LogP contribution in [0.25, 0.3) is 0 Å². The smallest absolute Gasteiger partial charge is 0.322 e. The molecule has 2 aromatic rings. The van der Waals surface area contributed by atoms with Crippen LogP contribution in [0.15, 0.2) is 47.8 Å². The minimum Gasteiger partial charge on any atom is -0.329 e. The van der Waals surface area contributed by atoms with Crippen molar-refractivity contribution in [2.75, 3.05) is 18.4 Å². The molecule has 0 fully saturated rings. The first-order chi connectivity index (χ1) is 14.4. The molecule has 0 aliphatic carbocycles. The highest BCUT2D eigenvalue weighted by atomic mass is 16.2. The summed E-state index contributed by atoms with van der Waals surface area (Å²) in [6.07, 6.45) is 4.11. The van der Waals surface area contributed by atoms with Gasteiger partial charge in [-0.15, -0.1) is 0 Å². The van der Waals surface area contributed by atoms with E-state index in [4.69, 9.17) is 5.73 Å². The molecule has 1 aromatic carbocycles. The number of rotatable bonds is 4. The summed E-state index contributed by atoms with van der Waals surface area (Å²) in [5, 5.41) is 8.93. The van der Waals surface area contributed by atoms with Crippen LogP contribution in [-0.2, 0) is 17.9 Å². The largest absolute Gasteiger partial charge is 0.329 e. The Bertz CT molecular complexity index is 974. The van der Waals surface area contributed by atoms with E-state index >= 15 is 0 Å². The number of nitrogens with two attached hydrogens (primary N) is 1. The maximum Gasteiger partial charge on any atom is 0.322 e. The predicted molar refractivity (Wildman–Crippen MR) is 115 cm³/mol. The standard InChI is InChI=1S/C22H26N6O2/c1-22(2)11-19(26-28(10-8-23)20(22)29)15-3-5-18(6-4-15)25-21(30)27-13-16-7-9-24-12-17(16)14-27/h3-7,9,12H,8,10-11,13-14,23H2,1-2H3,(H,25,30). The second-order valence-corrected chi connectivity index (χ2v) is 8.33. The third kappa shape index (κ3) is 3.91. The fourth-order valence-corrected chi connectivity index (χ4v) is 3.82. The Morgan fingerprint density at radius 3 is 2.60 bits per heavy atom. The van der Waals surface area contributed by atoms with Gasteiger partial charge in [-0.1, -0.05) is 26.0 Å². The zero-order chi connectivity index (χ0) is 21.3. The molecular weight excluding hydrogens is 380 g/mol. The Labute approximate surface area is 175 Å². The van der Waals surface area contributed by atoms with Gasteiger partial charge in [-0.3, -0.25) is 9.78 Å². The van der Waals surface area contributed by atoms with E-state index in [0.29, 0.717) is 38.3 Å². The van der Waals surface area contributed by atoms with E-state index in [1.165, 1.54) is 5.01 Å². The summed E-state index contributed by atoms with van der Waals surface area (Å²) in [4.78, 5) is 31.0. The minimum atomic E-state index is -0.529. The average Bonchev–Trinajstić information content (AvgIpc) is 3.16. The highest BCUT2D eigenvalue weighted by molar-refractivity contribution is 6.06. The summed E-state index contributed by atoms with van der Waals surface area (Å²) in [6.45, 7) is 5.74. The lowest BCUT2D eigenvalue weighted by molar-refractivity contribution is -0.141. The predicted octanol–water partition coefficient (Wildman–Crippen LogP) is 2.55. The van der Waals surface area contributed by atoms with Crippen LogP contribution in [-0.4, -0.2) is 45.6 Å². The van der Waals surface area contributed by atoms with Crippen molar-refractivity contribution < 1.29 is 9.59 Å². The molecule has 2 aliphatic rings. The molecule has 30 heavy (non-hydrogen) atoms. The first-order valence-electron chi connectivity index (χ1n) is 10.0. The Morgan fingerprint density at radius 1 is 1.17 bits per heavy atom. The summed E-state index contributed by atoms with van der Waals surface area (Å²) in [7, 11) is 0. The summed E-state index contributed by atoms with van der Waals surface area (Å²) in [5.74, 6) is -0.0117. The Kier molecular flexibility index (Phi) is 5.26. The zero-order valence-electron chi connectivity index (χ0n) is 17.3. The number of hydrogen-bond acceptors (Lipinski definition) is 5. The van der Waals surface area contributed by atoms with Gasteiger partial charge in [-0.05, 0) is 34.9 Å². The van der Waals surface area contributed by atoms with Crippen LogP contribution >= 0.6 is 0 Å². The van der Waals surface area contributed by atoms with E-state index < -0.39 is 5.41 Å². The SMILES string of the molecule is CC1(C)CC(c2ccc(NC(=O)N3Cc4ccncc4C3)cc2)=NN(CCN)C1=O. The van der Waals surface area contributed by atoms with Crippen molar-refractivity contribution >= 4 is 23.3 Å². The molecule has 0 radical (unpaired) electrons. The van der Waals surface area contributed by atoms with Gasteiger partial charge in [0, 0.05) is 44.1 Å². The number of anilines is 1. The van der Waals surface area contributed by atoms with Gasteiger partial charge in [-0.2, -0.15) is 5.10 Å². The first-order valence-corrected chi connectivity index (χ1v) is 10.0. The second kappa shape index (κ2) is 7.87. The summed E-state index contributed by atoms with van der Waals surface area (Å²) >= 11 is 0. The maximum atomic E-state index is 12.6.